The summed E-state index contributed by atoms with van der Waals surface area (Å²) >= 11 is 0. The third-order valence-corrected chi connectivity index (χ3v) is 2.92. The Morgan fingerprint density at radius 3 is 2.47 bits per heavy atom. The largest absolute Gasteiger partial charge is 1.00 e. The maximum atomic E-state index is 5.57. The van der Waals surface area contributed by atoms with Gasteiger partial charge in [-0.1, -0.05) is 18.8 Å². The van der Waals surface area contributed by atoms with Crippen molar-refractivity contribution in [3.8, 4) is 11.8 Å². The first-order valence-electron chi connectivity index (χ1n) is 5.67. The van der Waals surface area contributed by atoms with E-state index in [-0.39, 0.29) is 24.5 Å². The number of hydrogen-bond acceptors (Lipinski definition) is 1. The van der Waals surface area contributed by atoms with Gasteiger partial charge in [-0.3, -0.25) is 0 Å². The average molecular weight is 200 g/mol. The summed E-state index contributed by atoms with van der Waals surface area (Å²) in [5, 5.41) is 0. The average Bonchev–Trinajstić information content (AvgIpc) is 2.26. The van der Waals surface area contributed by atoms with Crippen LogP contribution in [-0.2, 0) is 4.74 Å². The van der Waals surface area contributed by atoms with Gasteiger partial charge in [-0.15, -0.1) is 5.92 Å². The minimum absolute atomic E-state index is 0. The van der Waals surface area contributed by atoms with Crippen molar-refractivity contribution in [2.24, 2.45) is 0 Å². The van der Waals surface area contributed by atoms with E-state index in [4.69, 9.17) is 4.74 Å². The molecule has 15 heavy (non-hydrogen) atoms. The summed E-state index contributed by atoms with van der Waals surface area (Å²) in [4.78, 5) is 0. The fourth-order valence-corrected chi connectivity index (χ4v) is 1.94. The van der Waals surface area contributed by atoms with Crippen LogP contribution >= 0.6 is 0 Å². The molecule has 0 N–H and O–H groups in total. The summed E-state index contributed by atoms with van der Waals surface area (Å²) in [6.45, 7) is 3.81. The van der Waals surface area contributed by atoms with Gasteiger partial charge in [-0.2, -0.15) is 6.42 Å². The van der Waals surface area contributed by atoms with E-state index >= 15 is 0 Å². The molecule has 2 heteroatoms. The van der Waals surface area contributed by atoms with Crippen molar-refractivity contribution in [3.63, 3.8) is 0 Å². The SMILES string of the molecule is [CH2-]CCCC#CC1(OC)CCCCC1.[Li+]. The van der Waals surface area contributed by atoms with Gasteiger partial charge in [-0.05, 0) is 25.7 Å². The van der Waals surface area contributed by atoms with Gasteiger partial charge in [-0.25, -0.2) is 0 Å². The van der Waals surface area contributed by atoms with Crippen LogP contribution in [0.5, 0.6) is 0 Å². The Kier molecular flexibility index (Phi) is 8.36. The molecular weight excluding hydrogens is 179 g/mol. The van der Waals surface area contributed by atoms with Crippen LogP contribution < -0.4 is 18.9 Å². The van der Waals surface area contributed by atoms with Crippen molar-refractivity contribution >= 4 is 0 Å². The molecular formula is C13H21LiO. The van der Waals surface area contributed by atoms with Crippen LogP contribution in [0, 0.1) is 18.8 Å². The molecule has 1 fully saturated rings. The zero-order valence-electron chi connectivity index (χ0n) is 10.3. The van der Waals surface area contributed by atoms with Crippen LogP contribution in [0.1, 0.15) is 51.4 Å². The van der Waals surface area contributed by atoms with Gasteiger partial charge in [0.1, 0.15) is 5.60 Å². The van der Waals surface area contributed by atoms with Crippen molar-refractivity contribution in [1.29, 1.82) is 0 Å². The molecule has 1 nitrogen and oxygen atoms in total. The van der Waals surface area contributed by atoms with E-state index in [2.05, 4.69) is 18.8 Å². The van der Waals surface area contributed by atoms with Crippen molar-refractivity contribution in [1.82, 2.24) is 0 Å². The molecule has 0 unspecified atom stereocenters. The number of rotatable bonds is 3. The minimum atomic E-state index is -0.112. The second-order valence-electron chi connectivity index (χ2n) is 4.02. The molecule has 0 aliphatic heterocycles. The van der Waals surface area contributed by atoms with Gasteiger partial charge in [0.05, 0.1) is 0 Å². The normalized spacial score (nSPS) is 18.5. The molecule has 0 atom stereocenters. The summed E-state index contributed by atoms with van der Waals surface area (Å²) < 4.78 is 5.57. The van der Waals surface area contributed by atoms with E-state index in [1.165, 1.54) is 19.3 Å². The van der Waals surface area contributed by atoms with Crippen molar-refractivity contribution in [2.45, 2.75) is 57.0 Å². The second kappa shape index (κ2) is 8.29. The van der Waals surface area contributed by atoms with E-state index in [0.717, 1.165) is 32.1 Å². The molecule has 0 spiro atoms. The first kappa shape index (κ1) is 15.1. The summed E-state index contributed by atoms with van der Waals surface area (Å²) in [6.07, 6.45) is 9.14. The third kappa shape index (κ3) is 5.12. The maximum absolute atomic E-state index is 5.57. The van der Waals surface area contributed by atoms with Crippen LogP contribution in [0.4, 0.5) is 0 Å². The smallest absolute Gasteiger partial charge is 0.366 e. The summed E-state index contributed by atoms with van der Waals surface area (Å²) in [7, 11) is 1.79. The van der Waals surface area contributed by atoms with Crippen LogP contribution in [0.15, 0.2) is 0 Å². The van der Waals surface area contributed by atoms with Gasteiger partial charge in [0, 0.05) is 13.5 Å². The topological polar surface area (TPSA) is 9.23 Å². The van der Waals surface area contributed by atoms with Crippen LogP contribution in [0.2, 0.25) is 0 Å². The number of unbranched alkanes of at least 4 members (excludes halogenated alkanes) is 2. The van der Waals surface area contributed by atoms with E-state index < -0.39 is 0 Å². The molecule has 0 saturated heterocycles. The zero-order valence-corrected chi connectivity index (χ0v) is 10.3. The second-order valence-corrected chi connectivity index (χ2v) is 4.02. The fraction of sp³-hybridized carbons (Fsp3) is 0.769. The Bertz CT molecular complexity index is 208. The van der Waals surface area contributed by atoms with Gasteiger partial charge in [0.15, 0.2) is 0 Å². The van der Waals surface area contributed by atoms with Crippen LogP contribution in [0.3, 0.4) is 0 Å². The van der Waals surface area contributed by atoms with Crippen molar-refractivity contribution in [2.75, 3.05) is 7.11 Å². The summed E-state index contributed by atoms with van der Waals surface area (Å²) in [6, 6.07) is 0. The van der Waals surface area contributed by atoms with E-state index in [1.807, 2.05) is 0 Å². The molecule has 1 aliphatic rings. The number of hydrogen-bond donors (Lipinski definition) is 0. The molecule has 0 aromatic carbocycles. The van der Waals surface area contributed by atoms with Crippen LogP contribution in [0.25, 0.3) is 0 Å². The minimum Gasteiger partial charge on any atom is -0.366 e. The Morgan fingerprint density at radius 2 is 1.93 bits per heavy atom. The van der Waals surface area contributed by atoms with E-state index in [9.17, 15) is 0 Å². The maximum Gasteiger partial charge on any atom is 1.00 e. The molecule has 1 aliphatic carbocycles. The Balaban J connectivity index is 0.00000196. The Morgan fingerprint density at radius 1 is 1.27 bits per heavy atom. The zero-order chi connectivity index (χ0) is 10.3. The molecule has 1 saturated carbocycles. The summed E-state index contributed by atoms with van der Waals surface area (Å²) in [5.41, 5.74) is -0.112. The molecule has 0 aromatic rings. The number of ether oxygens (including phenoxy) is 1. The van der Waals surface area contributed by atoms with Crippen molar-refractivity contribution < 1.29 is 23.6 Å². The predicted octanol–water partition coefficient (Wildman–Crippen LogP) is 0.347. The fourth-order valence-electron chi connectivity index (χ4n) is 1.94. The molecule has 80 valence electrons. The van der Waals surface area contributed by atoms with Gasteiger partial charge in [0.2, 0.25) is 0 Å². The molecule has 1 rings (SSSR count). The molecule has 0 heterocycles. The molecule has 0 amide bonds. The molecule has 0 bridgehead atoms. The monoisotopic (exact) mass is 200 g/mol. The summed E-state index contributed by atoms with van der Waals surface area (Å²) in [5.74, 6) is 6.55. The van der Waals surface area contributed by atoms with Crippen LogP contribution in [-0.4, -0.2) is 12.7 Å². The van der Waals surface area contributed by atoms with Gasteiger partial charge >= 0.3 is 18.9 Å². The van der Waals surface area contributed by atoms with Crippen molar-refractivity contribution in [3.05, 3.63) is 6.92 Å². The standard InChI is InChI=1S/C13H21O.Li/c1-3-4-5-7-10-13(14-2)11-8-6-9-12-13;/h1,3-6,8-9,11-12H2,2H3;/q-1;+1. The quantitative estimate of drug-likeness (QED) is 0.276. The number of methoxy groups -OCH3 is 1. The predicted molar refractivity (Wildman–Crippen MR) is 59.8 cm³/mol. The molecule has 0 aromatic heterocycles. The Labute approximate surface area is 107 Å². The molecule has 0 radical (unpaired) electrons. The third-order valence-electron chi connectivity index (χ3n) is 2.92. The van der Waals surface area contributed by atoms with Gasteiger partial charge in [0.25, 0.3) is 0 Å². The van der Waals surface area contributed by atoms with E-state index in [0.29, 0.717) is 0 Å². The first-order valence-corrected chi connectivity index (χ1v) is 5.67. The first-order chi connectivity index (χ1) is 6.83. The Hall–Kier alpha value is 0.117. The van der Waals surface area contributed by atoms with Gasteiger partial charge < -0.3 is 11.7 Å². The van der Waals surface area contributed by atoms with E-state index in [1.54, 1.807) is 7.11 Å².